The van der Waals surface area contributed by atoms with Gasteiger partial charge in [-0.05, 0) is 25.4 Å². The molecular weight excluding hydrogens is 212 g/mol. The Balaban J connectivity index is 2.17. The summed E-state index contributed by atoms with van der Waals surface area (Å²) in [4.78, 5) is 14.6. The second kappa shape index (κ2) is 4.24. The third-order valence-corrected chi connectivity index (χ3v) is 3.29. The van der Waals surface area contributed by atoms with Gasteiger partial charge in [0.05, 0.1) is 6.20 Å². The van der Waals surface area contributed by atoms with Gasteiger partial charge in [0.25, 0.3) is 5.91 Å². The first kappa shape index (κ1) is 10.5. The van der Waals surface area contributed by atoms with E-state index in [0.29, 0.717) is 4.88 Å². The highest BCUT2D eigenvalue weighted by molar-refractivity contribution is 7.07. The largest absolute Gasteiger partial charge is 0.330 e. The van der Waals surface area contributed by atoms with Crippen molar-refractivity contribution in [3.05, 3.63) is 11.1 Å². The monoisotopic (exact) mass is 226 g/mol. The third-order valence-electron chi connectivity index (χ3n) is 2.64. The fourth-order valence-electron chi connectivity index (χ4n) is 1.92. The Bertz CT molecular complexity index is 330. The number of hydrogen-bond acceptors (Lipinski definition) is 5. The van der Waals surface area contributed by atoms with Crippen LogP contribution in [0.3, 0.4) is 0 Å². The molecule has 15 heavy (non-hydrogen) atoms. The summed E-state index contributed by atoms with van der Waals surface area (Å²) >= 11 is 1.16. The SMILES string of the molecule is CC1CNCC(C)N1C(=O)c1cnns1. The molecule has 1 aliphatic rings. The van der Waals surface area contributed by atoms with E-state index in [9.17, 15) is 4.79 Å². The lowest BCUT2D eigenvalue weighted by atomic mass is 10.1. The standard InChI is InChI=1S/C9H14N4OS/c1-6-3-10-4-7(2)13(6)9(14)8-5-11-12-15-8/h5-7,10H,3-4H2,1-2H3. The molecule has 6 heteroatoms. The van der Waals surface area contributed by atoms with Crippen LogP contribution in [0.5, 0.6) is 0 Å². The van der Waals surface area contributed by atoms with Gasteiger partial charge in [-0.3, -0.25) is 4.79 Å². The van der Waals surface area contributed by atoms with E-state index >= 15 is 0 Å². The van der Waals surface area contributed by atoms with E-state index in [-0.39, 0.29) is 18.0 Å². The van der Waals surface area contributed by atoms with Crippen molar-refractivity contribution in [1.29, 1.82) is 0 Å². The molecule has 0 spiro atoms. The van der Waals surface area contributed by atoms with Gasteiger partial charge in [0.2, 0.25) is 0 Å². The van der Waals surface area contributed by atoms with Crippen LogP contribution in [-0.4, -0.2) is 45.6 Å². The normalized spacial score (nSPS) is 26.7. The van der Waals surface area contributed by atoms with E-state index in [1.54, 1.807) is 0 Å². The lowest BCUT2D eigenvalue weighted by Gasteiger charge is -2.39. The zero-order valence-electron chi connectivity index (χ0n) is 8.80. The molecule has 0 aliphatic carbocycles. The lowest BCUT2D eigenvalue weighted by molar-refractivity contribution is 0.0549. The second-order valence-electron chi connectivity index (χ2n) is 3.85. The first-order valence-corrected chi connectivity index (χ1v) is 5.78. The van der Waals surface area contributed by atoms with E-state index in [0.717, 1.165) is 24.6 Å². The molecule has 1 aliphatic heterocycles. The zero-order chi connectivity index (χ0) is 10.8. The smallest absolute Gasteiger partial charge is 0.267 e. The molecule has 1 aromatic rings. The van der Waals surface area contributed by atoms with Gasteiger partial charge in [-0.2, -0.15) is 0 Å². The van der Waals surface area contributed by atoms with Crippen LogP contribution in [0.2, 0.25) is 0 Å². The third kappa shape index (κ3) is 2.00. The van der Waals surface area contributed by atoms with Gasteiger partial charge in [-0.25, -0.2) is 0 Å². The predicted octanol–water partition coefficient (Wildman–Crippen LogP) is 0.360. The number of piperazine rings is 1. The Morgan fingerprint density at radius 3 is 2.73 bits per heavy atom. The van der Waals surface area contributed by atoms with Crippen molar-refractivity contribution >= 4 is 17.4 Å². The van der Waals surface area contributed by atoms with E-state index in [1.165, 1.54) is 6.20 Å². The molecule has 5 nitrogen and oxygen atoms in total. The summed E-state index contributed by atoms with van der Waals surface area (Å²) < 4.78 is 3.72. The van der Waals surface area contributed by atoms with Crippen molar-refractivity contribution in [3.63, 3.8) is 0 Å². The summed E-state index contributed by atoms with van der Waals surface area (Å²) in [5.74, 6) is 0.0477. The highest BCUT2D eigenvalue weighted by Crippen LogP contribution is 2.15. The fourth-order valence-corrected chi connectivity index (χ4v) is 2.38. The summed E-state index contributed by atoms with van der Waals surface area (Å²) in [5.41, 5.74) is 0. The Morgan fingerprint density at radius 1 is 1.53 bits per heavy atom. The minimum absolute atomic E-state index is 0.0477. The zero-order valence-corrected chi connectivity index (χ0v) is 9.62. The molecule has 0 saturated carbocycles. The number of aromatic nitrogens is 2. The number of amides is 1. The van der Waals surface area contributed by atoms with Crippen LogP contribution in [0, 0.1) is 0 Å². The maximum atomic E-state index is 12.1. The van der Waals surface area contributed by atoms with Gasteiger partial charge in [-0.1, -0.05) is 4.49 Å². The van der Waals surface area contributed by atoms with E-state index in [1.807, 2.05) is 4.90 Å². The number of carbonyl (C=O) groups is 1. The quantitative estimate of drug-likeness (QED) is 0.751. The van der Waals surface area contributed by atoms with Gasteiger partial charge in [0.15, 0.2) is 0 Å². The maximum absolute atomic E-state index is 12.1. The molecule has 1 fully saturated rings. The Labute approximate surface area is 92.6 Å². The second-order valence-corrected chi connectivity index (χ2v) is 4.64. The van der Waals surface area contributed by atoms with Crippen molar-refractivity contribution in [2.45, 2.75) is 25.9 Å². The minimum Gasteiger partial charge on any atom is -0.330 e. The molecule has 82 valence electrons. The van der Waals surface area contributed by atoms with Gasteiger partial charge in [-0.15, -0.1) is 5.10 Å². The summed E-state index contributed by atoms with van der Waals surface area (Å²) in [6.45, 7) is 5.80. The van der Waals surface area contributed by atoms with Crippen molar-refractivity contribution < 1.29 is 4.79 Å². The van der Waals surface area contributed by atoms with Crippen molar-refractivity contribution in [1.82, 2.24) is 19.8 Å². The topological polar surface area (TPSA) is 58.1 Å². The molecule has 2 heterocycles. The average Bonchev–Trinajstić information content (AvgIpc) is 2.69. The van der Waals surface area contributed by atoms with Crippen LogP contribution in [0.15, 0.2) is 6.20 Å². The Kier molecular flexibility index (Phi) is 2.97. The number of hydrogen-bond donors (Lipinski definition) is 1. The number of carbonyl (C=O) groups excluding carboxylic acids is 1. The van der Waals surface area contributed by atoms with Gasteiger partial charge in [0.1, 0.15) is 4.88 Å². The van der Waals surface area contributed by atoms with Crippen LogP contribution >= 0.6 is 11.5 Å². The highest BCUT2D eigenvalue weighted by atomic mass is 32.1. The van der Waals surface area contributed by atoms with Crippen molar-refractivity contribution in [2.75, 3.05) is 13.1 Å². The fraction of sp³-hybridized carbons (Fsp3) is 0.667. The minimum atomic E-state index is 0.0477. The van der Waals surface area contributed by atoms with Crippen LogP contribution in [0.25, 0.3) is 0 Å². The van der Waals surface area contributed by atoms with Crippen LogP contribution in [0.1, 0.15) is 23.5 Å². The van der Waals surface area contributed by atoms with Crippen molar-refractivity contribution in [3.8, 4) is 0 Å². The maximum Gasteiger partial charge on any atom is 0.267 e. The molecular formula is C9H14N4OS. The lowest BCUT2D eigenvalue weighted by Crippen LogP contribution is -2.57. The first-order chi connectivity index (χ1) is 7.20. The molecule has 0 radical (unpaired) electrons. The van der Waals surface area contributed by atoms with E-state index in [2.05, 4.69) is 28.8 Å². The van der Waals surface area contributed by atoms with E-state index in [4.69, 9.17) is 0 Å². The van der Waals surface area contributed by atoms with Gasteiger partial charge in [0, 0.05) is 25.2 Å². The average molecular weight is 226 g/mol. The molecule has 2 rings (SSSR count). The van der Waals surface area contributed by atoms with Gasteiger partial charge < -0.3 is 10.2 Å². The van der Waals surface area contributed by atoms with Crippen LogP contribution in [-0.2, 0) is 0 Å². The van der Waals surface area contributed by atoms with E-state index < -0.39 is 0 Å². The summed E-state index contributed by atoms with van der Waals surface area (Å²) in [6.07, 6.45) is 1.54. The Hall–Kier alpha value is -1.01. The van der Waals surface area contributed by atoms with Crippen LogP contribution in [0.4, 0.5) is 0 Å². The number of nitrogens with zero attached hydrogens (tertiary/aromatic N) is 3. The first-order valence-electron chi connectivity index (χ1n) is 5.01. The number of rotatable bonds is 1. The summed E-state index contributed by atoms with van der Waals surface area (Å²) in [7, 11) is 0. The molecule has 0 aromatic carbocycles. The van der Waals surface area contributed by atoms with Gasteiger partial charge >= 0.3 is 0 Å². The molecule has 2 atom stereocenters. The predicted molar refractivity (Wildman–Crippen MR) is 57.9 cm³/mol. The van der Waals surface area contributed by atoms with Crippen LogP contribution < -0.4 is 5.32 Å². The number of nitrogens with one attached hydrogen (secondary N) is 1. The molecule has 0 bridgehead atoms. The molecule has 1 aromatic heterocycles. The molecule has 1 saturated heterocycles. The molecule has 2 unspecified atom stereocenters. The molecule has 1 amide bonds. The summed E-state index contributed by atoms with van der Waals surface area (Å²) in [6, 6.07) is 0.451. The van der Waals surface area contributed by atoms with Crippen molar-refractivity contribution in [2.24, 2.45) is 0 Å². The Morgan fingerprint density at radius 2 is 2.20 bits per heavy atom. The molecule has 1 N–H and O–H groups in total. The highest BCUT2D eigenvalue weighted by Gasteiger charge is 2.30. The summed E-state index contributed by atoms with van der Waals surface area (Å²) in [5, 5.41) is 6.99.